The van der Waals surface area contributed by atoms with E-state index in [0.29, 0.717) is 43.3 Å². The summed E-state index contributed by atoms with van der Waals surface area (Å²) in [5.74, 6) is -0.299. The van der Waals surface area contributed by atoms with E-state index in [1.54, 1.807) is 34.1 Å². The zero-order valence-electron chi connectivity index (χ0n) is 15.1. The minimum Gasteiger partial charge on any atom is -0.335 e. The molecule has 2 amide bonds. The Hall–Kier alpha value is -2.67. The molecular formula is C19H21ClN4O3. The van der Waals surface area contributed by atoms with Crippen molar-refractivity contribution in [3.63, 3.8) is 0 Å². The molecule has 3 rings (SSSR count). The highest BCUT2D eigenvalue weighted by atomic mass is 35.5. The molecule has 1 aliphatic heterocycles. The summed E-state index contributed by atoms with van der Waals surface area (Å²) < 4.78 is 1.31. The van der Waals surface area contributed by atoms with Gasteiger partial charge in [-0.15, -0.1) is 0 Å². The SMILES string of the molecule is CCCn1nc(C(=O)N2CCN(C(=O)c3ccc(Cl)cc3)CC2)ccc1=O. The number of amides is 2. The summed E-state index contributed by atoms with van der Waals surface area (Å²) in [6, 6.07) is 9.60. The van der Waals surface area contributed by atoms with Crippen molar-refractivity contribution in [3.8, 4) is 0 Å². The van der Waals surface area contributed by atoms with Crippen molar-refractivity contribution in [2.75, 3.05) is 26.2 Å². The lowest BCUT2D eigenvalue weighted by atomic mass is 10.2. The highest BCUT2D eigenvalue weighted by molar-refractivity contribution is 6.30. The Balaban J connectivity index is 1.64. The average Bonchev–Trinajstić information content (AvgIpc) is 2.69. The Kier molecular flexibility index (Phi) is 5.91. The van der Waals surface area contributed by atoms with Crippen LogP contribution in [-0.2, 0) is 6.54 Å². The maximum absolute atomic E-state index is 12.7. The second-order valence-corrected chi connectivity index (χ2v) is 6.81. The molecule has 0 spiro atoms. The molecule has 0 saturated carbocycles. The minimum absolute atomic E-state index is 0.0756. The lowest BCUT2D eigenvalue weighted by Crippen LogP contribution is -2.51. The van der Waals surface area contributed by atoms with E-state index in [0.717, 1.165) is 6.42 Å². The highest BCUT2D eigenvalue weighted by Crippen LogP contribution is 2.14. The first-order valence-corrected chi connectivity index (χ1v) is 9.29. The molecule has 2 aromatic rings. The van der Waals surface area contributed by atoms with Gasteiger partial charge in [0.05, 0.1) is 0 Å². The van der Waals surface area contributed by atoms with E-state index in [-0.39, 0.29) is 23.1 Å². The molecule has 1 aliphatic rings. The third kappa shape index (κ3) is 4.36. The molecule has 8 heteroatoms. The fraction of sp³-hybridized carbons (Fsp3) is 0.368. The topological polar surface area (TPSA) is 75.5 Å². The van der Waals surface area contributed by atoms with Gasteiger partial charge in [-0.05, 0) is 36.8 Å². The number of benzene rings is 1. The van der Waals surface area contributed by atoms with Crippen molar-refractivity contribution >= 4 is 23.4 Å². The summed E-state index contributed by atoms with van der Waals surface area (Å²) in [6.45, 7) is 4.16. The second kappa shape index (κ2) is 8.35. The lowest BCUT2D eigenvalue weighted by molar-refractivity contribution is 0.0530. The molecule has 2 heterocycles. The van der Waals surface area contributed by atoms with Gasteiger partial charge in [0.1, 0.15) is 5.69 Å². The van der Waals surface area contributed by atoms with E-state index in [2.05, 4.69) is 5.10 Å². The fourth-order valence-electron chi connectivity index (χ4n) is 2.98. The number of aromatic nitrogens is 2. The van der Waals surface area contributed by atoms with Crippen molar-refractivity contribution in [1.82, 2.24) is 19.6 Å². The van der Waals surface area contributed by atoms with Gasteiger partial charge >= 0.3 is 0 Å². The number of aryl methyl sites for hydroxylation is 1. The van der Waals surface area contributed by atoms with Crippen molar-refractivity contribution in [2.24, 2.45) is 0 Å². The third-order valence-electron chi connectivity index (χ3n) is 4.47. The summed E-state index contributed by atoms with van der Waals surface area (Å²) in [5, 5.41) is 4.75. The van der Waals surface area contributed by atoms with Crippen LogP contribution in [0.25, 0.3) is 0 Å². The molecule has 0 bridgehead atoms. The van der Waals surface area contributed by atoms with Crippen molar-refractivity contribution < 1.29 is 9.59 Å². The van der Waals surface area contributed by atoms with E-state index in [1.165, 1.54) is 16.8 Å². The molecule has 1 fully saturated rings. The summed E-state index contributed by atoms with van der Waals surface area (Å²) in [4.78, 5) is 40.4. The Bertz CT molecular complexity index is 887. The summed E-state index contributed by atoms with van der Waals surface area (Å²) >= 11 is 5.86. The van der Waals surface area contributed by atoms with E-state index in [4.69, 9.17) is 11.6 Å². The van der Waals surface area contributed by atoms with Crippen LogP contribution in [0.15, 0.2) is 41.2 Å². The van der Waals surface area contributed by atoms with Gasteiger partial charge in [0.25, 0.3) is 17.4 Å². The number of nitrogens with zero attached hydrogens (tertiary/aromatic N) is 4. The maximum Gasteiger partial charge on any atom is 0.274 e. The Morgan fingerprint density at radius 2 is 1.56 bits per heavy atom. The molecular weight excluding hydrogens is 368 g/mol. The lowest BCUT2D eigenvalue weighted by Gasteiger charge is -2.34. The van der Waals surface area contributed by atoms with Gasteiger partial charge in [0.15, 0.2) is 0 Å². The van der Waals surface area contributed by atoms with Crippen molar-refractivity contribution in [2.45, 2.75) is 19.9 Å². The minimum atomic E-state index is -0.224. The van der Waals surface area contributed by atoms with Crippen LogP contribution in [0, 0.1) is 0 Å². The predicted molar refractivity (Wildman–Crippen MR) is 102 cm³/mol. The van der Waals surface area contributed by atoms with Gasteiger partial charge in [-0.2, -0.15) is 5.10 Å². The third-order valence-corrected chi connectivity index (χ3v) is 4.72. The molecule has 0 unspecified atom stereocenters. The molecule has 27 heavy (non-hydrogen) atoms. The van der Waals surface area contributed by atoms with Gasteiger partial charge in [-0.1, -0.05) is 18.5 Å². The standard InChI is InChI=1S/C19H21ClN4O3/c1-2-9-24-17(25)8-7-16(21-24)19(27)23-12-10-22(11-13-23)18(26)14-3-5-15(20)6-4-14/h3-8H,2,9-13H2,1H3. The van der Waals surface area contributed by atoms with Crippen LogP contribution in [0.4, 0.5) is 0 Å². The first kappa shape index (κ1) is 19.1. The van der Waals surface area contributed by atoms with Gasteiger partial charge in [0.2, 0.25) is 0 Å². The van der Waals surface area contributed by atoms with Crippen LogP contribution < -0.4 is 5.56 Å². The van der Waals surface area contributed by atoms with Gasteiger partial charge < -0.3 is 9.80 Å². The molecule has 142 valence electrons. The van der Waals surface area contributed by atoms with Crippen molar-refractivity contribution in [3.05, 3.63) is 63.0 Å². The number of piperazine rings is 1. The van der Waals surface area contributed by atoms with Crippen molar-refractivity contribution in [1.29, 1.82) is 0 Å². The number of hydrogen-bond acceptors (Lipinski definition) is 4. The Labute approximate surface area is 162 Å². The zero-order chi connectivity index (χ0) is 19.4. The van der Waals surface area contributed by atoms with Crippen LogP contribution in [0.3, 0.4) is 0 Å². The second-order valence-electron chi connectivity index (χ2n) is 6.37. The first-order chi connectivity index (χ1) is 13.0. The summed E-state index contributed by atoms with van der Waals surface area (Å²) in [6.07, 6.45) is 0.760. The normalized spacial score (nSPS) is 14.3. The molecule has 0 radical (unpaired) electrons. The van der Waals surface area contributed by atoms with Crippen LogP contribution in [0.5, 0.6) is 0 Å². The van der Waals surface area contributed by atoms with Gasteiger partial charge in [-0.3, -0.25) is 14.4 Å². The molecule has 7 nitrogen and oxygen atoms in total. The van der Waals surface area contributed by atoms with Gasteiger partial charge in [-0.25, -0.2) is 4.68 Å². The summed E-state index contributed by atoms with van der Waals surface area (Å²) in [7, 11) is 0. The smallest absolute Gasteiger partial charge is 0.274 e. The maximum atomic E-state index is 12.7. The number of halogens is 1. The monoisotopic (exact) mass is 388 g/mol. The quantitative estimate of drug-likeness (QED) is 0.801. The average molecular weight is 389 g/mol. The van der Waals surface area contributed by atoms with Gasteiger partial charge in [0, 0.05) is 49.4 Å². The molecule has 1 aromatic heterocycles. The molecule has 0 atom stereocenters. The molecule has 1 saturated heterocycles. The van der Waals surface area contributed by atoms with E-state index in [1.807, 2.05) is 6.92 Å². The largest absolute Gasteiger partial charge is 0.335 e. The van der Waals surface area contributed by atoms with Crippen LogP contribution in [0.2, 0.25) is 5.02 Å². The number of rotatable bonds is 4. The van der Waals surface area contributed by atoms with Crippen LogP contribution >= 0.6 is 11.6 Å². The zero-order valence-corrected chi connectivity index (χ0v) is 15.9. The summed E-state index contributed by atoms with van der Waals surface area (Å²) in [5.41, 5.74) is 0.611. The van der Waals surface area contributed by atoms with Crippen LogP contribution in [0.1, 0.15) is 34.2 Å². The number of carbonyl (C=O) groups is 2. The van der Waals surface area contributed by atoms with E-state index >= 15 is 0 Å². The predicted octanol–water partition coefficient (Wildman–Crippen LogP) is 1.90. The Morgan fingerprint density at radius 1 is 0.963 bits per heavy atom. The van der Waals surface area contributed by atoms with E-state index < -0.39 is 0 Å². The number of carbonyl (C=O) groups excluding carboxylic acids is 2. The highest BCUT2D eigenvalue weighted by Gasteiger charge is 2.26. The van der Waals surface area contributed by atoms with E-state index in [9.17, 15) is 14.4 Å². The fourth-order valence-corrected chi connectivity index (χ4v) is 3.11. The van der Waals surface area contributed by atoms with Crippen LogP contribution in [-0.4, -0.2) is 57.6 Å². The molecule has 1 aromatic carbocycles. The number of hydrogen-bond donors (Lipinski definition) is 0. The first-order valence-electron chi connectivity index (χ1n) is 8.92. The molecule has 0 aliphatic carbocycles. The molecule has 0 N–H and O–H groups in total. The Morgan fingerprint density at radius 3 is 2.15 bits per heavy atom.